The number of carbonyl (C=O) groups excluding carboxylic acids is 1. The average Bonchev–Trinajstić information content (AvgIpc) is 3.34. The third-order valence-electron chi connectivity index (χ3n) is 5.42. The van der Waals surface area contributed by atoms with Gasteiger partial charge in [0.15, 0.2) is 0 Å². The van der Waals surface area contributed by atoms with Crippen molar-refractivity contribution in [3.05, 3.63) is 83.6 Å². The summed E-state index contributed by atoms with van der Waals surface area (Å²) < 4.78 is 27.7. The van der Waals surface area contributed by atoms with Gasteiger partial charge in [-0.05, 0) is 67.8 Å². The largest absolute Gasteiger partial charge is 0.357 e. The lowest BCUT2D eigenvalue weighted by molar-refractivity contribution is 0.0951. The van der Waals surface area contributed by atoms with Crippen LogP contribution in [0, 0.1) is 6.92 Å². The Morgan fingerprint density at radius 2 is 1.66 bits per heavy atom. The van der Waals surface area contributed by atoms with Gasteiger partial charge in [0.25, 0.3) is 15.9 Å². The molecule has 1 saturated heterocycles. The molecule has 4 rings (SSSR count). The van der Waals surface area contributed by atoms with Gasteiger partial charge >= 0.3 is 0 Å². The molecule has 1 aliphatic heterocycles. The van der Waals surface area contributed by atoms with Crippen molar-refractivity contribution in [2.24, 2.45) is 0 Å². The molecule has 0 unspecified atom stereocenters. The van der Waals surface area contributed by atoms with E-state index >= 15 is 0 Å². The number of nitrogens with one attached hydrogen (secondary N) is 2. The van der Waals surface area contributed by atoms with Crippen LogP contribution in [0.5, 0.6) is 0 Å². The van der Waals surface area contributed by atoms with E-state index in [1.807, 2.05) is 31.2 Å². The fraction of sp³-hybridized carbons (Fsp3) is 0.250. The van der Waals surface area contributed by atoms with E-state index < -0.39 is 10.0 Å². The Bertz CT molecular complexity index is 1170. The summed E-state index contributed by atoms with van der Waals surface area (Å²) in [6, 6.07) is 16.9. The summed E-state index contributed by atoms with van der Waals surface area (Å²) in [5.41, 5.74) is 2.83. The van der Waals surface area contributed by atoms with Crippen LogP contribution in [0.1, 0.15) is 34.3 Å². The second-order valence-electron chi connectivity index (χ2n) is 7.90. The van der Waals surface area contributed by atoms with Gasteiger partial charge in [0.05, 0.1) is 4.90 Å². The van der Waals surface area contributed by atoms with Gasteiger partial charge in [-0.1, -0.05) is 23.8 Å². The molecule has 1 amide bonds. The minimum Gasteiger partial charge on any atom is -0.357 e. The standard InChI is InChI=1S/C24H26N4O3S/c1-18-4-9-21(10-5-18)27-32(30,31)22-11-7-20(8-12-22)24(29)26-17-19-6-13-23(25-16-19)28-14-2-3-15-28/h4-13,16,27H,2-3,14-15,17H2,1H3,(H,26,29). The maximum Gasteiger partial charge on any atom is 0.261 e. The molecule has 3 aromatic rings. The summed E-state index contributed by atoms with van der Waals surface area (Å²) in [6.45, 7) is 4.36. The van der Waals surface area contributed by atoms with Gasteiger partial charge < -0.3 is 10.2 Å². The lowest BCUT2D eigenvalue weighted by Crippen LogP contribution is -2.23. The third kappa shape index (κ3) is 5.26. The number of hydrogen-bond acceptors (Lipinski definition) is 5. The van der Waals surface area contributed by atoms with Crippen molar-refractivity contribution >= 4 is 27.4 Å². The van der Waals surface area contributed by atoms with Crippen LogP contribution in [-0.4, -0.2) is 32.4 Å². The number of amides is 1. The zero-order chi connectivity index (χ0) is 22.6. The van der Waals surface area contributed by atoms with Crippen LogP contribution >= 0.6 is 0 Å². The van der Waals surface area contributed by atoms with Crippen LogP contribution in [0.25, 0.3) is 0 Å². The number of nitrogens with zero attached hydrogens (tertiary/aromatic N) is 2. The van der Waals surface area contributed by atoms with E-state index in [0.717, 1.165) is 30.0 Å². The molecule has 2 N–H and O–H groups in total. The van der Waals surface area contributed by atoms with Crippen molar-refractivity contribution in [1.29, 1.82) is 0 Å². The van der Waals surface area contributed by atoms with Crippen LogP contribution in [0.15, 0.2) is 71.8 Å². The number of sulfonamides is 1. The predicted molar refractivity (Wildman–Crippen MR) is 125 cm³/mol. The number of benzene rings is 2. The Labute approximate surface area is 188 Å². The highest BCUT2D eigenvalue weighted by Crippen LogP contribution is 2.19. The quantitative estimate of drug-likeness (QED) is 0.572. The fourth-order valence-corrected chi connectivity index (χ4v) is 4.62. The summed E-state index contributed by atoms with van der Waals surface area (Å²) in [5.74, 6) is 0.692. The zero-order valence-corrected chi connectivity index (χ0v) is 18.7. The molecule has 7 nitrogen and oxygen atoms in total. The van der Waals surface area contributed by atoms with Crippen LogP contribution in [0.3, 0.4) is 0 Å². The minimum atomic E-state index is -3.73. The Balaban J connectivity index is 1.34. The van der Waals surface area contributed by atoms with Crippen molar-refractivity contribution in [3.8, 4) is 0 Å². The molecular weight excluding hydrogens is 424 g/mol. The number of anilines is 2. The van der Waals surface area contributed by atoms with Crippen molar-refractivity contribution in [2.45, 2.75) is 31.2 Å². The highest BCUT2D eigenvalue weighted by atomic mass is 32.2. The molecule has 0 radical (unpaired) electrons. The van der Waals surface area contributed by atoms with Gasteiger partial charge in [-0.25, -0.2) is 13.4 Å². The molecule has 2 aromatic carbocycles. The van der Waals surface area contributed by atoms with E-state index in [1.54, 1.807) is 18.3 Å². The van der Waals surface area contributed by atoms with Gasteiger partial charge in [0.2, 0.25) is 0 Å². The van der Waals surface area contributed by atoms with Crippen LogP contribution in [-0.2, 0) is 16.6 Å². The second kappa shape index (κ2) is 9.40. The summed E-state index contributed by atoms with van der Waals surface area (Å²) in [6.07, 6.45) is 4.17. The summed E-state index contributed by atoms with van der Waals surface area (Å²) >= 11 is 0. The Morgan fingerprint density at radius 1 is 0.969 bits per heavy atom. The third-order valence-corrected chi connectivity index (χ3v) is 6.82. The minimum absolute atomic E-state index is 0.0938. The Hall–Kier alpha value is -3.39. The highest BCUT2D eigenvalue weighted by Gasteiger charge is 2.16. The first-order valence-corrected chi connectivity index (χ1v) is 12.1. The SMILES string of the molecule is Cc1ccc(NS(=O)(=O)c2ccc(C(=O)NCc3ccc(N4CCCC4)nc3)cc2)cc1. The van der Waals surface area contributed by atoms with Gasteiger partial charge in [-0.3, -0.25) is 9.52 Å². The maximum absolute atomic E-state index is 12.6. The molecule has 32 heavy (non-hydrogen) atoms. The number of hydrogen-bond donors (Lipinski definition) is 2. The first-order valence-electron chi connectivity index (χ1n) is 10.6. The fourth-order valence-electron chi connectivity index (χ4n) is 3.56. The van der Waals surface area contributed by atoms with Crippen molar-refractivity contribution in [2.75, 3.05) is 22.7 Å². The number of rotatable bonds is 7. The summed E-state index contributed by atoms with van der Waals surface area (Å²) in [7, 11) is -3.73. The van der Waals surface area contributed by atoms with Crippen molar-refractivity contribution < 1.29 is 13.2 Å². The molecule has 2 heterocycles. The predicted octanol–water partition coefficient (Wildman–Crippen LogP) is 3.72. The molecule has 0 bridgehead atoms. The molecule has 1 aromatic heterocycles. The first-order chi connectivity index (χ1) is 15.4. The van der Waals surface area contributed by atoms with Crippen molar-refractivity contribution in [1.82, 2.24) is 10.3 Å². The topological polar surface area (TPSA) is 91.4 Å². The number of aryl methyl sites for hydroxylation is 1. The highest BCUT2D eigenvalue weighted by molar-refractivity contribution is 7.92. The van der Waals surface area contributed by atoms with Gasteiger partial charge in [-0.2, -0.15) is 0 Å². The monoisotopic (exact) mass is 450 g/mol. The van der Waals surface area contributed by atoms with E-state index in [0.29, 0.717) is 17.8 Å². The van der Waals surface area contributed by atoms with E-state index in [2.05, 4.69) is 19.9 Å². The lowest BCUT2D eigenvalue weighted by atomic mass is 10.2. The Morgan fingerprint density at radius 3 is 2.28 bits per heavy atom. The molecule has 0 spiro atoms. The van der Waals surface area contributed by atoms with Crippen molar-refractivity contribution in [3.63, 3.8) is 0 Å². The molecule has 0 saturated carbocycles. The van der Waals surface area contributed by atoms with Gasteiger partial charge in [0, 0.05) is 37.1 Å². The van der Waals surface area contributed by atoms with E-state index in [-0.39, 0.29) is 10.8 Å². The lowest BCUT2D eigenvalue weighted by Gasteiger charge is -2.16. The molecular formula is C24H26N4O3S. The second-order valence-corrected chi connectivity index (χ2v) is 9.58. The van der Waals surface area contributed by atoms with Crippen LogP contribution in [0.2, 0.25) is 0 Å². The molecule has 0 aliphatic carbocycles. The van der Waals surface area contributed by atoms with Gasteiger partial charge in [-0.15, -0.1) is 0 Å². The first kappa shape index (κ1) is 21.8. The number of aromatic nitrogens is 1. The van der Waals surface area contributed by atoms with E-state index in [1.165, 1.54) is 37.1 Å². The molecule has 0 atom stereocenters. The summed E-state index contributed by atoms with van der Waals surface area (Å²) in [4.78, 5) is 19.3. The molecule has 1 aliphatic rings. The van der Waals surface area contributed by atoms with Crippen LogP contribution in [0.4, 0.5) is 11.5 Å². The molecule has 8 heteroatoms. The zero-order valence-electron chi connectivity index (χ0n) is 17.9. The molecule has 166 valence electrons. The van der Waals surface area contributed by atoms with E-state index in [4.69, 9.17) is 0 Å². The molecule has 1 fully saturated rings. The average molecular weight is 451 g/mol. The maximum atomic E-state index is 12.6. The summed E-state index contributed by atoms with van der Waals surface area (Å²) in [5, 5.41) is 2.85. The van der Waals surface area contributed by atoms with Crippen LogP contribution < -0.4 is 14.9 Å². The Kier molecular flexibility index (Phi) is 6.41. The number of pyridine rings is 1. The van der Waals surface area contributed by atoms with Gasteiger partial charge in [0.1, 0.15) is 5.82 Å². The number of carbonyl (C=O) groups is 1. The normalized spacial score (nSPS) is 13.7. The smallest absolute Gasteiger partial charge is 0.261 e. The van der Waals surface area contributed by atoms with E-state index in [9.17, 15) is 13.2 Å².